The molecule has 4 aliphatic rings. The van der Waals surface area contributed by atoms with Crippen LogP contribution in [0.25, 0.3) is 138 Å². The van der Waals surface area contributed by atoms with Gasteiger partial charge in [0, 0.05) is 44.7 Å². The Balaban J connectivity index is 0.0000000898. The van der Waals surface area contributed by atoms with Gasteiger partial charge >= 0.3 is 5.82 Å². The second-order valence-corrected chi connectivity index (χ2v) is 25.5. The van der Waals surface area contributed by atoms with Crippen LogP contribution >= 0.6 is 11.3 Å². The first-order valence-electron chi connectivity index (χ1n) is 32.9. The number of rotatable bonds is 2. The topological polar surface area (TPSA) is 62.4 Å². The minimum absolute atomic E-state index is 0.704. The maximum atomic E-state index is 8.06. The molecule has 0 atom stereocenters. The lowest BCUT2D eigenvalue weighted by Gasteiger charge is -2.02. The molecule has 0 saturated carbocycles. The molecule has 440 valence electrons. The SMILES string of the molecule is Cn1c2[n+](c3c1c1ccccc1n3C)Cc1ccccc1-2.[2H]C([2H])([2H])n1c2ccccc2c2c1[n+]1c(n2C)-c2ccccc2C1.c1ccc(-n2c3[n+](c4c2cn2ccccc42)Cc2cccnc2-3)cc1.c1ccc(-n2c3[n+](c4sc5ccccc5c42)Cc2ccccc2-3)cc1. The van der Waals surface area contributed by atoms with Crippen LogP contribution in [-0.4, -0.2) is 36.8 Å². The highest BCUT2D eigenvalue weighted by atomic mass is 32.1. The number of hydrogen-bond acceptors (Lipinski definition) is 2. The predicted molar refractivity (Wildman–Crippen MR) is 368 cm³/mol. The number of para-hydroxylation sites is 4. The number of pyridine rings is 2. The summed E-state index contributed by atoms with van der Waals surface area (Å²) in [5.41, 5.74) is 24.1. The van der Waals surface area contributed by atoms with E-state index in [0.717, 1.165) is 64.7 Å². The fourth-order valence-electron chi connectivity index (χ4n) is 15.7. The lowest BCUT2D eigenvalue weighted by atomic mass is 10.1. The lowest BCUT2D eigenvalue weighted by molar-refractivity contribution is -0.648. The molecule has 0 aliphatic carbocycles. The standard InChI is InChI=1S/C22H15N2S.C21H15N4.2C18H16N3/c1-2-9-16(10-3-1)24-20-18-12-6-7-13-19(18)25-22(20)23-14-15-8-4-5-11-17(15)21(23)24;1-2-8-16(9-3-1)25-18-14-23-12-5-4-10-17(23)20(18)24-13-15-7-6-11-22-19(15)21(24)25;2*1-19-15-10-6-5-9-14(15)16-18(19)21-11-12-7-3-4-8-13(12)17(21)20(16)2/h1-13H,14H2;1-12,14H,13H2;2*3-10H,11H2,1-2H3/q4*+1/i;;1D3;. The van der Waals surface area contributed by atoms with Crippen LogP contribution in [0.15, 0.2) is 255 Å². The number of imidazole rings is 4. The summed E-state index contributed by atoms with van der Waals surface area (Å²) in [6.45, 7) is 1.26. The summed E-state index contributed by atoms with van der Waals surface area (Å²) in [5.74, 6) is 4.85. The van der Waals surface area contributed by atoms with Gasteiger partial charge in [0.05, 0.1) is 84.5 Å². The van der Waals surface area contributed by atoms with Gasteiger partial charge in [-0.05, 0) is 97.1 Å². The molecule has 0 fully saturated rings. The van der Waals surface area contributed by atoms with Crippen LogP contribution in [0, 0.1) is 0 Å². The fraction of sp³-hybridized carbons (Fsp3) is 0.101. The summed E-state index contributed by atoms with van der Waals surface area (Å²) in [5, 5.41) is 3.65. The number of nitrogens with zero attached hydrogens (tertiary/aromatic N) is 12. The van der Waals surface area contributed by atoms with Crippen molar-refractivity contribution in [3.05, 3.63) is 277 Å². The number of aromatic nitrogens is 12. The molecule has 22 rings (SSSR count). The van der Waals surface area contributed by atoms with E-state index in [0.29, 0.717) is 6.54 Å². The number of fused-ring (bicyclic) bond motifs is 28. The average Bonchev–Trinajstić information content (AvgIpc) is 1.57. The summed E-state index contributed by atoms with van der Waals surface area (Å²) in [6, 6.07) is 82.7. The van der Waals surface area contributed by atoms with Crippen LogP contribution in [-0.2, 0) is 54.3 Å². The van der Waals surface area contributed by atoms with Gasteiger partial charge in [0.2, 0.25) is 22.0 Å². The van der Waals surface area contributed by atoms with Crippen molar-refractivity contribution < 1.29 is 22.4 Å². The molecule has 0 spiro atoms. The molecule has 8 aromatic carbocycles. The molecule has 13 heteroatoms. The smallest absolute Gasteiger partial charge is 0.314 e. The van der Waals surface area contributed by atoms with E-state index in [2.05, 4.69) is 266 Å². The number of benzene rings is 8. The van der Waals surface area contributed by atoms with Gasteiger partial charge < -0.3 is 4.40 Å². The van der Waals surface area contributed by atoms with Crippen molar-refractivity contribution in [2.45, 2.75) is 26.2 Å². The Morgan fingerprint density at radius 2 is 0.880 bits per heavy atom. The molecule has 10 aromatic heterocycles. The zero-order valence-electron chi connectivity index (χ0n) is 53.9. The minimum atomic E-state index is -2.22. The highest BCUT2D eigenvalue weighted by molar-refractivity contribution is 7.25. The van der Waals surface area contributed by atoms with Gasteiger partial charge in [-0.15, -0.1) is 0 Å². The van der Waals surface area contributed by atoms with Crippen molar-refractivity contribution in [2.75, 3.05) is 0 Å². The monoisotopic (exact) mass is 1210 g/mol. The van der Waals surface area contributed by atoms with Gasteiger partial charge in [-0.1, -0.05) is 151 Å². The van der Waals surface area contributed by atoms with Crippen molar-refractivity contribution >= 4 is 92.5 Å². The third-order valence-electron chi connectivity index (χ3n) is 19.5. The van der Waals surface area contributed by atoms with E-state index in [4.69, 9.17) is 9.10 Å². The Labute approximate surface area is 537 Å². The molecule has 18 aromatic rings. The largest absolute Gasteiger partial charge is 0.316 e. The second-order valence-electron chi connectivity index (χ2n) is 24.5. The van der Waals surface area contributed by atoms with Crippen molar-refractivity contribution in [3.63, 3.8) is 0 Å². The van der Waals surface area contributed by atoms with Crippen LogP contribution in [0.1, 0.15) is 26.4 Å². The minimum Gasteiger partial charge on any atom is -0.316 e. The molecule has 0 radical (unpaired) electrons. The molecule has 0 N–H and O–H groups in total. The van der Waals surface area contributed by atoms with Gasteiger partial charge in [-0.2, -0.15) is 9.13 Å². The Bertz CT molecular complexity index is 6190. The van der Waals surface area contributed by atoms with Crippen molar-refractivity contribution in [2.24, 2.45) is 28.1 Å². The van der Waals surface area contributed by atoms with Crippen molar-refractivity contribution in [1.82, 2.24) is 36.8 Å². The van der Waals surface area contributed by atoms with Gasteiger partial charge in [0.15, 0.2) is 27.8 Å². The molecule has 0 saturated heterocycles. The molecule has 0 bridgehead atoms. The van der Waals surface area contributed by atoms with E-state index in [1.807, 2.05) is 67.0 Å². The van der Waals surface area contributed by atoms with E-state index >= 15 is 0 Å². The zero-order valence-corrected chi connectivity index (χ0v) is 51.7. The average molecular weight is 1210 g/mol. The number of aryl methyl sites for hydroxylation is 4. The van der Waals surface area contributed by atoms with Crippen LogP contribution in [0.4, 0.5) is 0 Å². The summed E-state index contributed by atoms with van der Waals surface area (Å²) in [4.78, 5) is 6.05. The molecular weight excluding hydrogens is 1150 g/mol. The van der Waals surface area contributed by atoms with E-state index in [1.165, 1.54) is 120 Å². The summed E-state index contributed by atoms with van der Waals surface area (Å²) in [6.07, 6.45) is 6.21. The van der Waals surface area contributed by atoms with Crippen LogP contribution in [0.5, 0.6) is 0 Å². The molecule has 0 unspecified atom stereocenters. The van der Waals surface area contributed by atoms with Gasteiger partial charge in [-0.25, -0.2) is 23.3 Å². The van der Waals surface area contributed by atoms with Crippen LogP contribution in [0.3, 0.4) is 0 Å². The lowest BCUT2D eigenvalue weighted by Crippen LogP contribution is -2.33. The molecular formula is C79H62N12S+4. The molecule has 14 heterocycles. The van der Waals surface area contributed by atoms with Gasteiger partial charge in [0.25, 0.3) is 17.1 Å². The quantitative estimate of drug-likeness (QED) is 0.159. The molecule has 4 aliphatic heterocycles. The molecule has 92 heavy (non-hydrogen) atoms. The fourth-order valence-corrected chi connectivity index (χ4v) is 16.9. The van der Waals surface area contributed by atoms with Gasteiger partial charge in [0.1, 0.15) is 35.5 Å². The highest BCUT2D eigenvalue weighted by Gasteiger charge is 2.40. The zero-order chi connectivity index (χ0) is 63.5. The highest BCUT2D eigenvalue weighted by Crippen LogP contribution is 2.42. The summed E-state index contributed by atoms with van der Waals surface area (Å²) < 4.78 is 50.3. The van der Waals surface area contributed by atoms with E-state index in [-0.39, 0.29) is 0 Å². The number of thiophene rings is 1. The Hall–Kier alpha value is -11.4. The first-order valence-corrected chi connectivity index (χ1v) is 32.2. The third kappa shape index (κ3) is 7.42. The van der Waals surface area contributed by atoms with E-state index in [9.17, 15) is 0 Å². The summed E-state index contributed by atoms with van der Waals surface area (Å²) in [7, 11) is 6.37. The van der Waals surface area contributed by atoms with E-state index < -0.39 is 6.98 Å². The third-order valence-corrected chi connectivity index (χ3v) is 20.7. The molecule has 12 nitrogen and oxygen atoms in total. The Morgan fingerprint density at radius 3 is 1.52 bits per heavy atom. The first-order chi connectivity index (χ1) is 46.6. The van der Waals surface area contributed by atoms with E-state index in [1.54, 1.807) is 0 Å². The Kier molecular flexibility index (Phi) is 10.8. The van der Waals surface area contributed by atoms with Gasteiger partial charge in [-0.3, -0.25) is 18.3 Å². The van der Waals surface area contributed by atoms with Crippen LogP contribution in [0.2, 0.25) is 0 Å². The maximum Gasteiger partial charge on any atom is 0.314 e. The Morgan fingerprint density at radius 1 is 0.391 bits per heavy atom. The first kappa shape index (κ1) is 49.5. The predicted octanol–water partition coefficient (Wildman–Crippen LogP) is 14.7. The normalized spacial score (nSPS) is 13.4. The molecule has 0 amide bonds. The van der Waals surface area contributed by atoms with Crippen LogP contribution < -0.4 is 18.3 Å². The van der Waals surface area contributed by atoms with Crippen molar-refractivity contribution in [1.29, 1.82) is 0 Å². The number of hydrogen-bond donors (Lipinski definition) is 0. The second kappa shape index (κ2) is 20.0. The maximum absolute atomic E-state index is 8.06. The van der Waals surface area contributed by atoms with Crippen molar-refractivity contribution in [3.8, 4) is 57.1 Å². The summed E-state index contributed by atoms with van der Waals surface area (Å²) >= 11 is 1.90.